The van der Waals surface area contributed by atoms with Gasteiger partial charge in [-0.05, 0) is 24.4 Å². The zero-order valence-corrected chi connectivity index (χ0v) is 16.7. The normalized spacial score (nSPS) is 21.0. The Balaban J connectivity index is 1.57. The van der Waals surface area contributed by atoms with Crippen LogP contribution in [0.2, 0.25) is 0 Å². The van der Waals surface area contributed by atoms with E-state index in [1.54, 1.807) is 0 Å². The van der Waals surface area contributed by atoms with Crippen LogP contribution in [0.4, 0.5) is 13.2 Å². The molecule has 10 nitrogen and oxygen atoms in total. The maximum Gasteiger partial charge on any atom is 0.448 e. The monoisotopic (exact) mass is 454 g/mol. The number of oxime groups is 1. The smallest absolute Gasteiger partial charge is 0.405 e. The summed E-state index contributed by atoms with van der Waals surface area (Å²) >= 11 is 0. The Labute approximate surface area is 180 Å². The van der Waals surface area contributed by atoms with Gasteiger partial charge in [0.1, 0.15) is 5.71 Å². The van der Waals surface area contributed by atoms with Crippen LogP contribution in [0.5, 0.6) is 0 Å². The van der Waals surface area contributed by atoms with Crippen molar-refractivity contribution in [2.24, 2.45) is 10.9 Å². The lowest BCUT2D eigenvalue weighted by Gasteiger charge is -2.35. The second-order valence-electron chi connectivity index (χ2n) is 6.90. The Hall–Kier alpha value is -3.61. The number of hydrogen-bond acceptors (Lipinski definition) is 8. The highest BCUT2D eigenvalue weighted by molar-refractivity contribution is 6.42. The fraction of sp³-hybridized carbons (Fsp3) is 0.368. The number of amides is 2. The van der Waals surface area contributed by atoms with E-state index in [0.717, 1.165) is 6.20 Å². The summed E-state index contributed by atoms with van der Waals surface area (Å²) in [5.41, 5.74) is 5.53. The molecule has 1 aromatic carbocycles. The molecule has 32 heavy (non-hydrogen) atoms. The molecule has 1 fully saturated rings. The van der Waals surface area contributed by atoms with Crippen LogP contribution in [0, 0.1) is 5.41 Å². The van der Waals surface area contributed by atoms with Gasteiger partial charge in [0.2, 0.25) is 0 Å². The lowest BCUT2D eigenvalue weighted by atomic mass is 10.1. The Morgan fingerprint density at radius 3 is 2.69 bits per heavy atom. The number of nitrogens with zero attached hydrogens (tertiary/aromatic N) is 2. The van der Waals surface area contributed by atoms with E-state index in [0.29, 0.717) is 12.2 Å². The van der Waals surface area contributed by atoms with Gasteiger partial charge in [-0.1, -0.05) is 17.3 Å². The van der Waals surface area contributed by atoms with Gasteiger partial charge in [-0.2, -0.15) is 13.2 Å². The third-order valence-electron chi connectivity index (χ3n) is 4.71. The van der Waals surface area contributed by atoms with Gasteiger partial charge in [0.05, 0.1) is 19.3 Å². The molecule has 172 valence electrons. The molecular weight excluding hydrogens is 433 g/mol. The lowest BCUT2D eigenvalue weighted by molar-refractivity contribution is -0.218. The zero-order valence-electron chi connectivity index (χ0n) is 16.7. The van der Waals surface area contributed by atoms with Crippen molar-refractivity contribution in [2.45, 2.75) is 18.4 Å². The van der Waals surface area contributed by atoms with Crippen molar-refractivity contribution in [1.82, 2.24) is 15.5 Å². The van der Waals surface area contributed by atoms with Crippen LogP contribution >= 0.6 is 0 Å². The number of amidine groups is 1. The third kappa shape index (κ3) is 5.35. The molecule has 0 aliphatic carbocycles. The van der Waals surface area contributed by atoms with Gasteiger partial charge in [0.15, 0.2) is 5.84 Å². The number of morpholine rings is 1. The van der Waals surface area contributed by atoms with Crippen molar-refractivity contribution >= 4 is 23.4 Å². The predicted octanol–water partition coefficient (Wildman–Crippen LogP) is 0.306. The molecule has 13 heteroatoms. The summed E-state index contributed by atoms with van der Waals surface area (Å²) in [6, 6.07) is 5.25. The quantitative estimate of drug-likeness (QED) is 0.456. The van der Waals surface area contributed by atoms with Crippen LogP contribution in [-0.4, -0.2) is 73.0 Å². The summed E-state index contributed by atoms with van der Waals surface area (Å²) in [7, 11) is 0. The number of hydrogen-bond donors (Lipinski definition) is 4. The van der Waals surface area contributed by atoms with Crippen LogP contribution < -0.4 is 16.4 Å². The molecule has 0 radical (unpaired) electrons. The van der Waals surface area contributed by atoms with E-state index in [9.17, 15) is 22.8 Å². The average Bonchev–Trinajstić information content (AvgIpc) is 3.28. The largest absolute Gasteiger partial charge is 0.448 e. The summed E-state index contributed by atoms with van der Waals surface area (Å²) in [5.74, 6) is -1.07. The molecule has 0 bridgehead atoms. The number of carbonyl (C=O) groups is 2. The first-order valence-electron chi connectivity index (χ1n) is 9.52. The third-order valence-corrected chi connectivity index (χ3v) is 4.71. The number of carbonyl (C=O) groups excluding carboxylic acids is 2. The molecule has 1 aromatic rings. The summed E-state index contributed by atoms with van der Waals surface area (Å²) < 4.78 is 43.3. The van der Waals surface area contributed by atoms with Gasteiger partial charge in [-0.25, -0.2) is 0 Å². The van der Waals surface area contributed by atoms with E-state index >= 15 is 0 Å². The Bertz CT molecular complexity index is 932. The molecule has 2 atom stereocenters. The first-order chi connectivity index (χ1) is 15.2. The topological polar surface area (TPSA) is 142 Å². The maximum atomic E-state index is 12.7. The first-order valence-corrected chi connectivity index (χ1v) is 9.52. The fourth-order valence-electron chi connectivity index (χ4n) is 3.07. The SMILES string of the molecule is N=C(/C=C\N)C(=O)N1CCOCC1CNC(=O)c1ccc(C2=NOC(C(F)(F)F)N2)cc1. The standard InChI is InChI=1S/C19H21F3N6O4/c20-19(21,22)18-26-15(27-32-18)11-1-3-12(4-2-11)16(29)25-9-13-10-31-8-7-28(13)17(30)14(24)5-6-23/h1-6,13,18,24H,7-10,23H2,(H,25,29)(H,26,27)/b6-5-,24-14?. The average molecular weight is 454 g/mol. The molecular formula is C19H21F3N6O4. The van der Waals surface area contributed by atoms with Gasteiger partial charge in [-0.15, -0.1) is 0 Å². The number of nitrogens with two attached hydrogens (primary N) is 1. The number of ether oxygens (including phenoxy) is 1. The van der Waals surface area contributed by atoms with Crippen molar-refractivity contribution in [3.63, 3.8) is 0 Å². The molecule has 2 unspecified atom stereocenters. The lowest BCUT2D eigenvalue weighted by Crippen LogP contribution is -2.55. The van der Waals surface area contributed by atoms with Gasteiger partial charge in [-0.3, -0.25) is 15.0 Å². The van der Waals surface area contributed by atoms with Crippen molar-refractivity contribution < 1.29 is 32.3 Å². The van der Waals surface area contributed by atoms with Crippen LogP contribution in [0.3, 0.4) is 0 Å². The van der Waals surface area contributed by atoms with Gasteiger partial charge < -0.3 is 30.8 Å². The molecule has 2 heterocycles. The molecule has 1 saturated heterocycles. The first kappa shape index (κ1) is 23.1. The van der Waals surface area contributed by atoms with E-state index in [4.69, 9.17) is 15.9 Å². The van der Waals surface area contributed by atoms with E-state index in [1.807, 2.05) is 0 Å². The van der Waals surface area contributed by atoms with Gasteiger partial charge >= 0.3 is 6.18 Å². The van der Waals surface area contributed by atoms with Crippen molar-refractivity contribution in [1.29, 1.82) is 5.41 Å². The predicted molar refractivity (Wildman–Crippen MR) is 107 cm³/mol. The summed E-state index contributed by atoms with van der Waals surface area (Å²) in [4.78, 5) is 30.6. The molecule has 0 spiro atoms. The van der Waals surface area contributed by atoms with E-state index < -0.39 is 30.3 Å². The zero-order chi connectivity index (χ0) is 23.3. The maximum absolute atomic E-state index is 12.7. The van der Waals surface area contributed by atoms with Crippen molar-refractivity contribution in [3.8, 4) is 0 Å². The van der Waals surface area contributed by atoms with Gasteiger partial charge in [0, 0.05) is 24.2 Å². The number of halogens is 3. The molecule has 2 aliphatic rings. The Morgan fingerprint density at radius 2 is 2.06 bits per heavy atom. The minimum atomic E-state index is -4.61. The summed E-state index contributed by atoms with van der Waals surface area (Å²) in [6.07, 6.45) is -4.54. The second kappa shape index (κ2) is 9.68. The second-order valence-corrected chi connectivity index (χ2v) is 6.90. The highest BCUT2D eigenvalue weighted by Gasteiger charge is 2.45. The number of rotatable bonds is 6. The van der Waals surface area contributed by atoms with E-state index in [2.05, 4.69) is 20.6 Å². The molecule has 0 saturated carbocycles. The van der Waals surface area contributed by atoms with Crippen LogP contribution in [0.25, 0.3) is 0 Å². The van der Waals surface area contributed by atoms with E-state index in [1.165, 1.54) is 35.2 Å². The van der Waals surface area contributed by atoms with Crippen LogP contribution in [0.15, 0.2) is 41.7 Å². The van der Waals surface area contributed by atoms with Crippen LogP contribution in [-0.2, 0) is 14.4 Å². The summed E-state index contributed by atoms with van der Waals surface area (Å²) in [6.45, 7) is 0.858. The molecule has 2 aliphatic heterocycles. The highest BCUT2D eigenvalue weighted by atomic mass is 19.4. The Morgan fingerprint density at radius 1 is 1.34 bits per heavy atom. The number of alkyl halides is 3. The minimum absolute atomic E-state index is 0.0846. The summed E-state index contributed by atoms with van der Waals surface area (Å²) in [5, 5.41) is 15.9. The molecule has 2 amide bonds. The van der Waals surface area contributed by atoms with Gasteiger partial charge in [0.25, 0.3) is 18.0 Å². The minimum Gasteiger partial charge on any atom is -0.405 e. The molecule has 0 aromatic heterocycles. The van der Waals surface area contributed by atoms with Crippen LogP contribution in [0.1, 0.15) is 15.9 Å². The number of nitrogens with one attached hydrogen (secondary N) is 3. The number of benzene rings is 1. The van der Waals surface area contributed by atoms with E-state index in [-0.39, 0.29) is 36.8 Å². The Kier molecular flexibility index (Phi) is 6.98. The highest BCUT2D eigenvalue weighted by Crippen LogP contribution is 2.24. The van der Waals surface area contributed by atoms with Crippen molar-refractivity contribution in [3.05, 3.63) is 47.7 Å². The molecule has 5 N–H and O–H groups in total. The van der Waals surface area contributed by atoms with Crippen molar-refractivity contribution in [2.75, 3.05) is 26.3 Å². The fourth-order valence-corrected chi connectivity index (χ4v) is 3.07. The molecule has 3 rings (SSSR count).